The van der Waals surface area contributed by atoms with Crippen molar-refractivity contribution in [2.24, 2.45) is 0 Å². The molecule has 2 atom stereocenters. The van der Waals surface area contributed by atoms with Crippen molar-refractivity contribution in [2.75, 3.05) is 13.2 Å². The van der Waals surface area contributed by atoms with Crippen LogP contribution in [0.25, 0.3) is 0 Å². The lowest BCUT2D eigenvalue weighted by atomic mass is 10.0. The van der Waals surface area contributed by atoms with E-state index in [0.717, 1.165) is 51.4 Å². The molecule has 2 unspecified atom stereocenters. The van der Waals surface area contributed by atoms with Crippen molar-refractivity contribution in [3.05, 3.63) is 48.6 Å². The summed E-state index contributed by atoms with van der Waals surface area (Å²) < 4.78 is 5.50. The standard InChI is InChI=1S/C72H135NO5/c1-3-5-7-9-11-13-15-17-19-21-29-32-36-40-44-48-52-56-60-64-70(75)69(68-74)73-71(76)65-61-57-53-49-45-41-37-33-30-27-25-23-24-26-28-31-35-39-43-47-51-55-59-63-67-78-72(77)66-62-58-54-50-46-42-38-34-22-20-18-16-14-12-10-8-6-4-2/h14,16,20,22,25,27,60,64,69-70,74-75H,3-13,15,17-19,21,23-24,26,28-59,61-63,65-68H2,1-2H3,(H,73,76)/b16-14-,22-20-,27-25-,64-60+. The van der Waals surface area contributed by atoms with Crippen molar-refractivity contribution in [2.45, 2.75) is 386 Å². The molecule has 0 aromatic rings. The molecule has 0 saturated heterocycles. The number of hydrogen-bond acceptors (Lipinski definition) is 5. The number of amides is 1. The molecule has 0 spiro atoms. The number of carbonyl (C=O) groups is 2. The summed E-state index contributed by atoms with van der Waals surface area (Å²) in [5.41, 5.74) is 0. The molecule has 0 aliphatic carbocycles. The summed E-state index contributed by atoms with van der Waals surface area (Å²) >= 11 is 0. The zero-order chi connectivity index (χ0) is 56.4. The Morgan fingerprint density at radius 3 is 1.00 bits per heavy atom. The molecule has 3 N–H and O–H groups in total. The van der Waals surface area contributed by atoms with Crippen LogP contribution in [0.3, 0.4) is 0 Å². The highest BCUT2D eigenvalue weighted by atomic mass is 16.5. The monoisotopic (exact) mass is 1090 g/mol. The molecule has 78 heavy (non-hydrogen) atoms. The Bertz CT molecular complexity index is 1310. The zero-order valence-corrected chi connectivity index (χ0v) is 52.4. The Kier molecular flexibility index (Phi) is 65.4. The van der Waals surface area contributed by atoms with Gasteiger partial charge in [-0.25, -0.2) is 0 Å². The lowest BCUT2D eigenvalue weighted by molar-refractivity contribution is -0.143. The van der Waals surface area contributed by atoms with E-state index in [-0.39, 0.29) is 18.5 Å². The number of esters is 1. The van der Waals surface area contributed by atoms with Gasteiger partial charge in [-0.3, -0.25) is 9.59 Å². The summed E-state index contributed by atoms with van der Waals surface area (Å²) in [7, 11) is 0. The number of aliphatic hydroxyl groups excluding tert-OH is 2. The van der Waals surface area contributed by atoms with E-state index < -0.39 is 12.1 Å². The van der Waals surface area contributed by atoms with Crippen LogP contribution in [0.15, 0.2) is 48.6 Å². The molecule has 0 fully saturated rings. The number of rotatable bonds is 65. The highest BCUT2D eigenvalue weighted by molar-refractivity contribution is 5.76. The van der Waals surface area contributed by atoms with Crippen molar-refractivity contribution in [1.82, 2.24) is 5.32 Å². The average molecular weight is 1090 g/mol. The summed E-state index contributed by atoms with van der Waals surface area (Å²) in [4.78, 5) is 24.6. The summed E-state index contributed by atoms with van der Waals surface area (Å²) in [5, 5.41) is 23.2. The third-order valence-electron chi connectivity index (χ3n) is 16.1. The summed E-state index contributed by atoms with van der Waals surface area (Å²) in [6, 6.07) is -0.633. The van der Waals surface area contributed by atoms with E-state index in [1.807, 2.05) is 6.08 Å². The summed E-state index contributed by atoms with van der Waals surface area (Å²) in [6.45, 7) is 4.91. The highest BCUT2D eigenvalue weighted by Gasteiger charge is 2.18. The van der Waals surface area contributed by atoms with Crippen LogP contribution in [0.1, 0.15) is 373 Å². The van der Waals surface area contributed by atoms with E-state index >= 15 is 0 Å². The fourth-order valence-corrected chi connectivity index (χ4v) is 10.7. The third kappa shape index (κ3) is 63.0. The minimum Gasteiger partial charge on any atom is -0.466 e. The van der Waals surface area contributed by atoms with Crippen molar-refractivity contribution in [1.29, 1.82) is 0 Å². The maximum Gasteiger partial charge on any atom is 0.305 e. The van der Waals surface area contributed by atoms with Gasteiger partial charge >= 0.3 is 5.97 Å². The van der Waals surface area contributed by atoms with Crippen LogP contribution >= 0.6 is 0 Å². The molecular formula is C72H135NO5. The average Bonchev–Trinajstić information content (AvgIpc) is 3.44. The normalized spacial score (nSPS) is 12.8. The number of unbranched alkanes of at least 4 members (excludes halogenated alkanes) is 48. The minimum absolute atomic E-state index is 0.00490. The largest absolute Gasteiger partial charge is 0.466 e. The highest BCUT2D eigenvalue weighted by Crippen LogP contribution is 2.18. The van der Waals surface area contributed by atoms with Crippen LogP contribution in [0, 0.1) is 0 Å². The van der Waals surface area contributed by atoms with E-state index in [1.165, 1.54) is 295 Å². The number of aliphatic hydroxyl groups is 2. The second-order valence-electron chi connectivity index (χ2n) is 23.9. The van der Waals surface area contributed by atoms with Gasteiger partial charge in [0.2, 0.25) is 5.91 Å². The first-order chi connectivity index (χ1) is 38.5. The van der Waals surface area contributed by atoms with E-state index in [4.69, 9.17) is 4.74 Å². The second kappa shape index (κ2) is 67.3. The van der Waals surface area contributed by atoms with Gasteiger partial charge in [0.15, 0.2) is 0 Å². The van der Waals surface area contributed by atoms with Gasteiger partial charge in [0.05, 0.1) is 25.4 Å². The molecule has 0 bridgehead atoms. The lowest BCUT2D eigenvalue weighted by Crippen LogP contribution is -2.45. The molecule has 0 aromatic carbocycles. The van der Waals surface area contributed by atoms with Gasteiger partial charge < -0.3 is 20.3 Å². The smallest absolute Gasteiger partial charge is 0.305 e. The Morgan fingerprint density at radius 1 is 0.359 bits per heavy atom. The second-order valence-corrected chi connectivity index (χ2v) is 23.9. The SMILES string of the molecule is CCCCCC/C=C\C/C=C\CCCCCCCCCC(=O)OCCCCCCCCCCCCCC/C=C\CCCCCCCCCCC(=O)NC(CO)C(O)/C=C/CCCCCCCCCCCCCCCCCCC. The predicted octanol–water partition coefficient (Wildman–Crippen LogP) is 22.5. The Hall–Kier alpha value is -2.18. The maximum absolute atomic E-state index is 12.5. The Morgan fingerprint density at radius 2 is 0.641 bits per heavy atom. The molecule has 458 valence electrons. The first-order valence-electron chi connectivity index (χ1n) is 34.9. The molecule has 0 saturated carbocycles. The minimum atomic E-state index is -0.849. The summed E-state index contributed by atoms with van der Waals surface area (Å²) in [6.07, 6.45) is 87.5. The topological polar surface area (TPSA) is 95.9 Å². The van der Waals surface area contributed by atoms with Gasteiger partial charge in [-0.1, -0.05) is 319 Å². The molecule has 0 rings (SSSR count). The molecule has 6 heteroatoms. The molecule has 0 radical (unpaired) electrons. The zero-order valence-electron chi connectivity index (χ0n) is 52.4. The molecule has 0 aliphatic heterocycles. The number of ether oxygens (including phenoxy) is 1. The number of hydrogen-bond donors (Lipinski definition) is 3. The number of nitrogens with one attached hydrogen (secondary N) is 1. The predicted molar refractivity (Wildman–Crippen MR) is 342 cm³/mol. The molecule has 0 aromatic heterocycles. The third-order valence-corrected chi connectivity index (χ3v) is 16.1. The van der Waals surface area contributed by atoms with E-state index in [9.17, 15) is 19.8 Å². The van der Waals surface area contributed by atoms with Gasteiger partial charge in [0, 0.05) is 12.8 Å². The Labute approximate surface area is 486 Å². The van der Waals surface area contributed by atoms with Crippen molar-refractivity contribution in [3.8, 4) is 0 Å². The van der Waals surface area contributed by atoms with Gasteiger partial charge in [-0.15, -0.1) is 0 Å². The molecule has 1 amide bonds. The van der Waals surface area contributed by atoms with Gasteiger partial charge in [0.1, 0.15) is 0 Å². The fourth-order valence-electron chi connectivity index (χ4n) is 10.7. The van der Waals surface area contributed by atoms with E-state index in [2.05, 4.69) is 55.6 Å². The molecule has 0 aliphatic rings. The maximum atomic E-state index is 12.5. The van der Waals surface area contributed by atoms with Gasteiger partial charge in [-0.2, -0.15) is 0 Å². The van der Waals surface area contributed by atoms with Crippen LogP contribution in [0.2, 0.25) is 0 Å². The van der Waals surface area contributed by atoms with Crippen molar-refractivity contribution < 1.29 is 24.5 Å². The fraction of sp³-hybridized carbons (Fsp3) is 0.861. The van der Waals surface area contributed by atoms with Crippen LogP contribution < -0.4 is 5.32 Å². The van der Waals surface area contributed by atoms with Crippen molar-refractivity contribution >= 4 is 11.9 Å². The van der Waals surface area contributed by atoms with E-state index in [1.54, 1.807) is 6.08 Å². The lowest BCUT2D eigenvalue weighted by Gasteiger charge is -2.20. The summed E-state index contributed by atoms with van der Waals surface area (Å²) in [5.74, 6) is -0.0652. The first-order valence-corrected chi connectivity index (χ1v) is 34.9. The van der Waals surface area contributed by atoms with Gasteiger partial charge in [-0.05, 0) is 89.9 Å². The molecule has 0 heterocycles. The van der Waals surface area contributed by atoms with Crippen LogP contribution in [-0.2, 0) is 14.3 Å². The van der Waals surface area contributed by atoms with Gasteiger partial charge in [0.25, 0.3) is 0 Å². The molecular weight excluding hydrogens is 959 g/mol. The first kappa shape index (κ1) is 75.8. The Balaban J connectivity index is 3.43. The van der Waals surface area contributed by atoms with Crippen LogP contribution in [0.5, 0.6) is 0 Å². The van der Waals surface area contributed by atoms with Crippen molar-refractivity contribution in [3.63, 3.8) is 0 Å². The van der Waals surface area contributed by atoms with E-state index in [0.29, 0.717) is 19.4 Å². The van der Waals surface area contributed by atoms with Crippen LogP contribution in [-0.4, -0.2) is 47.4 Å². The quantitative estimate of drug-likeness (QED) is 0.0320. The number of allylic oxidation sites excluding steroid dienone is 7. The number of carbonyl (C=O) groups excluding carboxylic acids is 2. The molecule has 6 nitrogen and oxygen atoms in total. The van der Waals surface area contributed by atoms with Crippen LogP contribution in [0.4, 0.5) is 0 Å².